The molecular formula is C23H29N3O3. The Kier molecular flexibility index (Phi) is 5.90. The van der Waals surface area contributed by atoms with Crippen molar-refractivity contribution in [3.8, 4) is 5.75 Å². The smallest absolute Gasteiger partial charge is 0.253 e. The largest absolute Gasteiger partial charge is 0.495 e. The molecule has 0 radical (unpaired) electrons. The molecule has 1 atom stereocenters. The lowest BCUT2D eigenvalue weighted by molar-refractivity contribution is 0.0746. The third-order valence-electron chi connectivity index (χ3n) is 5.95. The van der Waals surface area contributed by atoms with Crippen LogP contribution in [0.1, 0.15) is 16.8 Å². The summed E-state index contributed by atoms with van der Waals surface area (Å²) in [7, 11) is 3.46. The molecule has 6 heteroatoms. The number of hydrogen-bond acceptors (Lipinski definition) is 5. The fraction of sp³-hybridized carbons (Fsp3) is 0.435. The molecule has 0 N–H and O–H groups in total. The maximum atomic E-state index is 12.9. The summed E-state index contributed by atoms with van der Waals surface area (Å²) in [5.74, 6) is 0.980. The van der Waals surface area contributed by atoms with Crippen LogP contribution in [0.15, 0.2) is 48.5 Å². The van der Waals surface area contributed by atoms with Gasteiger partial charge >= 0.3 is 0 Å². The molecule has 29 heavy (non-hydrogen) atoms. The van der Waals surface area contributed by atoms with Crippen LogP contribution in [0.25, 0.3) is 0 Å². The van der Waals surface area contributed by atoms with Gasteiger partial charge in [0.15, 0.2) is 0 Å². The molecule has 0 unspecified atom stereocenters. The van der Waals surface area contributed by atoms with Crippen molar-refractivity contribution in [2.75, 3.05) is 63.3 Å². The van der Waals surface area contributed by atoms with Crippen molar-refractivity contribution < 1.29 is 14.3 Å². The zero-order chi connectivity index (χ0) is 20.2. The van der Waals surface area contributed by atoms with Gasteiger partial charge in [-0.15, -0.1) is 0 Å². The Balaban J connectivity index is 1.36. The molecule has 2 aliphatic heterocycles. The summed E-state index contributed by atoms with van der Waals surface area (Å²) < 4.78 is 10.9. The second-order valence-corrected chi connectivity index (χ2v) is 7.59. The third-order valence-corrected chi connectivity index (χ3v) is 5.95. The van der Waals surface area contributed by atoms with Gasteiger partial charge in [-0.25, -0.2) is 0 Å². The van der Waals surface area contributed by atoms with Crippen LogP contribution in [0.3, 0.4) is 0 Å². The fourth-order valence-electron chi connectivity index (χ4n) is 4.19. The standard InChI is InChI=1S/C23H29N3O3/c1-28-20-11-12-26(17-20)19-9-7-18(8-10-19)23(27)25-15-13-24(14-16-25)21-5-3-4-6-22(21)29-2/h3-10,20H,11-17H2,1-2H3/t20-/m0/s1. The zero-order valence-electron chi connectivity index (χ0n) is 17.2. The Morgan fingerprint density at radius 2 is 1.62 bits per heavy atom. The number of rotatable bonds is 5. The number of benzene rings is 2. The summed E-state index contributed by atoms with van der Waals surface area (Å²) >= 11 is 0. The van der Waals surface area contributed by atoms with E-state index >= 15 is 0 Å². The average Bonchev–Trinajstić information content (AvgIpc) is 3.28. The van der Waals surface area contributed by atoms with Crippen LogP contribution in [-0.4, -0.2) is 70.4 Å². The predicted molar refractivity (Wildman–Crippen MR) is 115 cm³/mol. The van der Waals surface area contributed by atoms with E-state index in [0.717, 1.165) is 55.3 Å². The normalized spacial score (nSPS) is 19.5. The van der Waals surface area contributed by atoms with Gasteiger partial charge in [-0.05, 0) is 42.8 Å². The minimum atomic E-state index is 0.104. The highest BCUT2D eigenvalue weighted by molar-refractivity contribution is 5.94. The molecule has 2 saturated heterocycles. The van der Waals surface area contributed by atoms with Crippen molar-refractivity contribution in [1.29, 1.82) is 0 Å². The molecule has 2 heterocycles. The molecule has 2 aromatic rings. The number of para-hydroxylation sites is 2. The van der Waals surface area contributed by atoms with Crippen LogP contribution < -0.4 is 14.5 Å². The van der Waals surface area contributed by atoms with Gasteiger partial charge in [-0.3, -0.25) is 4.79 Å². The lowest BCUT2D eigenvalue weighted by atomic mass is 10.1. The SMILES string of the molecule is COc1ccccc1N1CCN(C(=O)c2ccc(N3CC[C@H](OC)C3)cc2)CC1. The van der Waals surface area contributed by atoms with Gasteiger partial charge in [0.1, 0.15) is 5.75 Å². The van der Waals surface area contributed by atoms with E-state index in [1.165, 1.54) is 0 Å². The van der Waals surface area contributed by atoms with E-state index in [1.807, 2.05) is 35.2 Å². The molecule has 0 saturated carbocycles. The number of anilines is 2. The highest BCUT2D eigenvalue weighted by Crippen LogP contribution is 2.28. The first-order valence-corrected chi connectivity index (χ1v) is 10.2. The van der Waals surface area contributed by atoms with Crippen molar-refractivity contribution in [3.63, 3.8) is 0 Å². The van der Waals surface area contributed by atoms with E-state index in [4.69, 9.17) is 9.47 Å². The van der Waals surface area contributed by atoms with Crippen molar-refractivity contribution in [1.82, 2.24) is 4.90 Å². The molecule has 2 aliphatic rings. The molecule has 1 amide bonds. The number of carbonyl (C=O) groups is 1. The van der Waals surface area contributed by atoms with Gasteiger partial charge in [0.25, 0.3) is 5.91 Å². The summed E-state index contributed by atoms with van der Waals surface area (Å²) in [5, 5.41) is 0. The van der Waals surface area contributed by atoms with Gasteiger partial charge in [0.05, 0.1) is 18.9 Å². The predicted octanol–water partition coefficient (Wildman–Crippen LogP) is 2.88. The topological polar surface area (TPSA) is 45.2 Å². The maximum Gasteiger partial charge on any atom is 0.253 e. The summed E-state index contributed by atoms with van der Waals surface area (Å²) in [6.45, 7) is 4.93. The van der Waals surface area contributed by atoms with Crippen molar-refractivity contribution >= 4 is 17.3 Å². The molecule has 2 fully saturated rings. The minimum absolute atomic E-state index is 0.104. The van der Waals surface area contributed by atoms with E-state index in [0.29, 0.717) is 19.2 Å². The van der Waals surface area contributed by atoms with E-state index in [-0.39, 0.29) is 5.91 Å². The first kappa shape index (κ1) is 19.6. The summed E-state index contributed by atoms with van der Waals surface area (Å²) in [6.07, 6.45) is 1.35. The van der Waals surface area contributed by atoms with Crippen molar-refractivity contribution in [2.45, 2.75) is 12.5 Å². The maximum absolute atomic E-state index is 12.9. The van der Waals surface area contributed by atoms with E-state index < -0.39 is 0 Å². The molecule has 6 nitrogen and oxygen atoms in total. The van der Waals surface area contributed by atoms with E-state index in [1.54, 1.807) is 14.2 Å². The highest BCUT2D eigenvalue weighted by Gasteiger charge is 2.25. The zero-order valence-corrected chi connectivity index (χ0v) is 17.2. The molecule has 2 aromatic carbocycles. The first-order valence-electron chi connectivity index (χ1n) is 10.2. The number of hydrogen-bond donors (Lipinski definition) is 0. The lowest BCUT2D eigenvalue weighted by Gasteiger charge is -2.36. The Morgan fingerprint density at radius 3 is 2.28 bits per heavy atom. The Labute approximate surface area is 172 Å². The van der Waals surface area contributed by atoms with Crippen molar-refractivity contribution in [2.24, 2.45) is 0 Å². The van der Waals surface area contributed by atoms with Gasteiger partial charge in [0.2, 0.25) is 0 Å². The highest BCUT2D eigenvalue weighted by atomic mass is 16.5. The van der Waals surface area contributed by atoms with E-state index in [2.05, 4.69) is 28.0 Å². The number of ether oxygens (including phenoxy) is 2. The van der Waals surface area contributed by atoms with Gasteiger partial charge in [0, 0.05) is 57.6 Å². The summed E-state index contributed by atoms with van der Waals surface area (Å²) in [4.78, 5) is 19.5. The molecule has 0 bridgehead atoms. The molecule has 0 spiro atoms. The fourth-order valence-corrected chi connectivity index (χ4v) is 4.19. The van der Waals surface area contributed by atoms with Crippen LogP contribution in [-0.2, 0) is 4.74 Å². The number of amides is 1. The van der Waals surface area contributed by atoms with Gasteiger partial charge in [-0.2, -0.15) is 0 Å². The van der Waals surface area contributed by atoms with Crippen LogP contribution >= 0.6 is 0 Å². The monoisotopic (exact) mass is 395 g/mol. The second-order valence-electron chi connectivity index (χ2n) is 7.59. The molecular weight excluding hydrogens is 366 g/mol. The second kappa shape index (κ2) is 8.74. The minimum Gasteiger partial charge on any atom is -0.495 e. The van der Waals surface area contributed by atoms with Crippen LogP contribution in [0.4, 0.5) is 11.4 Å². The molecule has 154 valence electrons. The van der Waals surface area contributed by atoms with Crippen molar-refractivity contribution in [3.05, 3.63) is 54.1 Å². The number of nitrogens with zero attached hydrogens (tertiary/aromatic N) is 3. The van der Waals surface area contributed by atoms with Gasteiger partial charge < -0.3 is 24.2 Å². The van der Waals surface area contributed by atoms with Crippen LogP contribution in [0.5, 0.6) is 5.75 Å². The van der Waals surface area contributed by atoms with Crippen LogP contribution in [0.2, 0.25) is 0 Å². The first-order chi connectivity index (χ1) is 14.2. The lowest BCUT2D eigenvalue weighted by Crippen LogP contribution is -2.48. The Hall–Kier alpha value is -2.73. The molecule has 4 rings (SSSR count). The summed E-state index contributed by atoms with van der Waals surface area (Å²) in [6, 6.07) is 16.0. The number of piperazine rings is 1. The number of methoxy groups -OCH3 is 2. The Bertz CT molecular complexity index is 832. The quantitative estimate of drug-likeness (QED) is 0.779. The third kappa shape index (κ3) is 4.17. The Morgan fingerprint density at radius 1 is 0.897 bits per heavy atom. The number of carbonyl (C=O) groups excluding carboxylic acids is 1. The molecule has 0 aromatic heterocycles. The average molecular weight is 396 g/mol. The summed E-state index contributed by atoms with van der Waals surface area (Å²) in [5.41, 5.74) is 3.00. The molecule has 0 aliphatic carbocycles. The van der Waals surface area contributed by atoms with E-state index in [9.17, 15) is 4.79 Å². The van der Waals surface area contributed by atoms with Crippen LogP contribution in [0, 0.1) is 0 Å². The van der Waals surface area contributed by atoms with Gasteiger partial charge in [-0.1, -0.05) is 12.1 Å².